The first-order chi connectivity index (χ1) is 16.0. The fourth-order valence-corrected chi connectivity index (χ4v) is 6.27. The second kappa shape index (κ2) is 12.3. The maximum atomic E-state index is 2.43. The first kappa shape index (κ1) is 31.3. The molecule has 0 aromatic heterocycles. The Labute approximate surface area is 246 Å². The van der Waals surface area contributed by atoms with Crippen molar-refractivity contribution in [1.29, 1.82) is 0 Å². The van der Waals surface area contributed by atoms with Crippen molar-refractivity contribution in [3.8, 4) is 0 Å². The molecule has 0 radical (unpaired) electrons. The molecule has 1 saturated carbocycles. The second-order valence-corrected chi connectivity index (χ2v) is 14.1. The van der Waals surface area contributed by atoms with Gasteiger partial charge in [0.15, 0.2) is 0 Å². The molecule has 0 unspecified atom stereocenters. The van der Waals surface area contributed by atoms with Crippen LogP contribution in [-0.4, -0.2) is 3.21 Å². The molecule has 192 valence electrons. The van der Waals surface area contributed by atoms with Crippen molar-refractivity contribution in [2.75, 3.05) is 0 Å². The molecule has 3 aromatic carbocycles. The molecule has 3 heteroatoms. The maximum absolute atomic E-state index is 2.43. The quantitative estimate of drug-likeness (QED) is 0.375. The third kappa shape index (κ3) is 6.76. The number of hydrogen-bond acceptors (Lipinski definition) is 0. The zero-order valence-corrected chi connectivity index (χ0v) is 27.1. The van der Waals surface area contributed by atoms with E-state index in [9.17, 15) is 0 Å². The van der Waals surface area contributed by atoms with Crippen LogP contribution in [0.4, 0.5) is 0 Å². The predicted molar refractivity (Wildman–Crippen MR) is 149 cm³/mol. The molecule has 0 nitrogen and oxygen atoms in total. The zero-order chi connectivity index (χ0) is 24.7. The molecule has 5 rings (SSSR count). The molecule has 0 aliphatic heterocycles. The summed E-state index contributed by atoms with van der Waals surface area (Å²) < 4.78 is 1.80. The summed E-state index contributed by atoms with van der Waals surface area (Å²) in [6, 6.07) is 14.2. The van der Waals surface area contributed by atoms with Crippen LogP contribution < -0.4 is 24.8 Å². The molecule has 2 aliphatic rings. The normalized spacial score (nSPS) is 16.1. The van der Waals surface area contributed by atoms with Gasteiger partial charge in [-0.05, 0) is 24.2 Å². The van der Waals surface area contributed by atoms with Gasteiger partial charge in [-0.25, -0.2) is 0 Å². The monoisotopic (exact) mass is 597 g/mol. The van der Waals surface area contributed by atoms with Crippen molar-refractivity contribution in [1.82, 2.24) is 0 Å². The van der Waals surface area contributed by atoms with Crippen molar-refractivity contribution < 1.29 is 49.0 Å². The number of allylic oxidation sites excluding steroid dienone is 4. The molecule has 36 heavy (non-hydrogen) atoms. The van der Waals surface area contributed by atoms with Gasteiger partial charge < -0.3 is 24.8 Å². The van der Waals surface area contributed by atoms with E-state index in [1.807, 2.05) is 0 Å². The number of hydrogen-bond donors (Lipinski definition) is 0. The minimum absolute atomic E-state index is 0. The molecule has 0 heterocycles. The van der Waals surface area contributed by atoms with Crippen LogP contribution in [0.5, 0.6) is 0 Å². The van der Waals surface area contributed by atoms with Gasteiger partial charge in [-0.15, -0.1) is 33.7 Å². The average molecular weight is 600 g/mol. The van der Waals surface area contributed by atoms with E-state index in [2.05, 4.69) is 97.0 Å². The number of rotatable bonds is 1. The molecule has 0 N–H and O–H groups in total. The third-order valence-corrected chi connectivity index (χ3v) is 8.71. The first-order valence-corrected chi connectivity index (χ1v) is 14.3. The van der Waals surface area contributed by atoms with E-state index < -0.39 is 0 Å². The number of benzene rings is 2. The van der Waals surface area contributed by atoms with Crippen molar-refractivity contribution in [3.05, 3.63) is 70.8 Å². The summed E-state index contributed by atoms with van der Waals surface area (Å²) in [5, 5.41) is 5.56. The molecule has 0 saturated heterocycles. The van der Waals surface area contributed by atoms with E-state index in [1.165, 1.54) is 81.5 Å². The van der Waals surface area contributed by atoms with Crippen LogP contribution in [0.3, 0.4) is 0 Å². The van der Waals surface area contributed by atoms with E-state index in [0.29, 0.717) is 0 Å². The number of fused-ring (bicyclic) bond motifs is 3. The molecular formula is C33H41Cl2Zr-. The van der Waals surface area contributed by atoms with Gasteiger partial charge in [-0.3, -0.25) is 0 Å². The summed E-state index contributed by atoms with van der Waals surface area (Å²) in [5.74, 6) is 0. The van der Waals surface area contributed by atoms with Crippen molar-refractivity contribution in [2.24, 2.45) is 0 Å². The van der Waals surface area contributed by atoms with Crippen LogP contribution in [0.2, 0.25) is 0 Å². The molecule has 0 amide bonds. The van der Waals surface area contributed by atoms with E-state index in [0.717, 1.165) is 6.42 Å². The molecule has 0 atom stereocenters. The van der Waals surface area contributed by atoms with Crippen molar-refractivity contribution in [3.63, 3.8) is 0 Å². The van der Waals surface area contributed by atoms with Crippen LogP contribution in [0, 0.1) is 0 Å². The summed E-state index contributed by atoms with van der Waals surface area (Å²) in [4.78, 5) is 0. The van der Waals surface area contributed by atoms with Crippen molar-refractivity contribution >= 4 is 30.3 Å². The zero-order valence-electron chi connectivity index (χ0n) is 23.1. The first-order valence-electron chi connectivity index (χ1n) is 13.1. The van der Waals surface area contributed by atoms with E-state index in [4.69, 9.17) is 0 Å². The Kier molecular flexibility index (Phi) is 10.7. The Hall–Kier alpha value is -0.877. The fourth-order valence-electron chi connectivity index (χ4n) is 5.40. The van der Waals surface area contributed by atoms with Gasteiger partial charge in [0.1, 0.15) is 0 Å². The minimum atomic E-state index is 0. The van der Waals surface area contributed by atoms with E-state index in [-0.39, 0.29) is 35.6 Å². The summed E-state index contributed by atoms with van der Waals surface area (Å²) >= 11 is 1.69. The van der Waals surface area contributed by atoms with Crippen LogP contribution in [0.25, 0.3) is 27.1 Å². The molecule has 3 aromatic rings. The molecule has 2 aliphatic carbocycles. The van der Waals surface area contributed by atoms with Gasteiger partial charge in [-0.2, -0.15) is 0 Å². The Morgan fingerprint density at radius 2 is 1.44 bits per heavy atom. The van der Waals surface area contributed by atoms with Gasteiger partial charge in [0.05, 0.1) is 0 Å². The van der Waals surface area contributed by atoms with Gasteiger partial charge in [0.25, 0.3) is 0 Å². The molecule has 0 spiro atoms. The van der Waals surface area contributed by atoms with E-state index in [1.54, 1.807) is 27.4 Å². The van der Waals surface area contributed by atoms with Gasteiger partial charge in [-0.1, -0.05) is 106 Å². The van der Waals surface area contributed by atoms with Crippen LogP contribution in [0.15, 0.2) is 54.1 Å². The van der Waals surface area contributed by atoms with Gasteiger partial charge in [0, 0.05) is 0 Å². The van der Waals surface area contributed by atoms with Crippen molar-refractivity contribution in [2.45, 2.75) is 97.8 Å². The van der Waals surface area contributed by atoms with E-state index >= 15 is 0 Å². The summed E-state index contributed by atoms with van der Waals surface area (Å²) in [6.07, 6.45) is 12.9. The summed E-state index contributed by atoms with van der Waals surface area (Å²) in [5.41, 5.74) is 7.53. The Bertz CT molecular complexity index is 1280. The Morgan fingerprint density at radius 3 is 1.94 bits per heavy atom. The topological polar surface area (TPSA) is 0 Å². The van der Waals surface area contributed by atoms with Gasteiger partial charge >= 0.3 is 59.5 Å². The Balaban J connectivity index is 0.000000441. The summed E-state index contributed by atoms with van der Waals surface area (Å²) in [7, 11) is 0. The van der Waals surface area contributed by atoms with Crippen LogP contribution in [0.1, 0.15) is 104 Å². The molecule has 1 fully saturated rings. The SMILES string of the molecule is CC1=C(c2c(C(C)(C)C)ccc3c2[cH-]c2cc(C(C)(C)C)ccc23)CC=C1.[Cl-].[Cl-].[Zr+2]=[C]1CCCCC1. The standard InChI is InChI=1S/C27H31.C6H10.2ClH.Zr/c1-17-9-8-10-20(17)25-23-16-18-15-19(26(2,3)4)11-12-21(18)22(23)13-14-24(25)27(5,6)7;1-2-4-6-5-3-1;;;/h8-9,11-16H,10H2,1-7H3;1-5H2;2*1H;/q-1;;;;+2/p-2. The predicted octanol–water partition coefficient (Wildman–Crippen LogP) is 3.72. The molecule has 0 bridgehead atoms. The fraction of sp³-hybridized carbons (Fsp3) is 0.455. The Morgan fingerprint density at radius 1 is 0.806 bits per heavy atom. The van der Waals surface area contributed by atoms with Crippen LogP contribution >= 0.6 is 0 Å². The van der Waals surface area contributed by atoms with Crippen LogP contribution in [-0.2, 0) is 35.1 Å². The average Bonchev–Trinajstić information content (AvgIpc) is 3.35. The number of halogens is 2. The molecular weight excluding hydrogens is 558 g/mol. The van der Waals surface area contributed by atoms with Gasteiger partial charge in [0.2, 0.25) is 0 Å². The third-order valence-electron chi connectivity index (χ3n) is 7.49. The second-order valence-electron chi connectivity index (χ2n) is 12.3. The summed E-state index contributed by atoms with van der Waals surface area (Å²) in [6.45, 7) is 16.1.